The van der Waals surface area contributed by atoms with Gasteiger partial charge in [-0.1, -0.05) is 41.1 Å². The van der Waals surface area contributed by atoms with Gasteiger partial charge < -0.3 is 15.5 Å². The number of hydrogen-bond donors (Lipinski definition) is 2. The van der Waals surface area contributed by atoms with Crippen molar-refractivity contribution in [1.82, 2.24) is 20.4 Å². The smallest absolute Gasteiger partial charge is 0.191 e. The molecule has 0 spiro atoms. The summed E-state index contributed by atoms with van der Waals surface area (Å²) in [5, 5.41) is 7.09. The zero-order chi connectivity index (χ0) is 19.3. The maximum Gasteiger partial charge on any atom is 0.191 e. The van der Waals surface area contributed by atoms with Crippen LogP contribution in [0.25, 0.3) is 0 Å². The Morgan fingerprint density at radius 1 is 1.18 bits per heavy atom. The van der Waals surface area contributed by atoms with Gasteiger partial charge in [0.15, 0.2) is 5.96 Å². The van der Waals surface area contributed by atoms with Crippen molar-refractivity contribution in [1.29, 1.82) is 0 Å². The molecule has 7 heteroatoms. The summed E-state index contributed by atoms with van der Waals surface area (Å²) in [5.74, 6) is 0.910. The Balaban J connectivity index is 0.00000280. The van der Waals surface area contributed by atoms with Crippen molar-refractivity contribution in [3.63, 3.8) is 0 Å². The zero-order valence-corrected chi connectivity index (χ0v) is 21.3. The number of aliphatic imine (C=N–C) groups is 1. The summed E-state index contributed by atoms with van der Waals surface area (Å²) >= 11 is 3.72. The average molecular weight is 564 g/mol. The van der Waals surface area contributed by atoms with Crippen molar-refractivity contribution in [3.8, 4) is 0 Å². The molecule has 1 unspecified atom stereocenters. The summed E-state index contributed by atoms with van der Waals surface area (Å²) in [6, 6.07) is 9.11. The van der Waals surface area contributed by atoms with Crippen molar-refractivity contribution in [3.05, 3.63) is 34.3 Å². The second kappa shape index (κ2) is 11.1. The predicted octanol–water partition coefficient (Wildman–Crippen LogP) is 3.29. The van der Waals surface area contributed by atoms with Crippen LogP contribution in [-0.4, -0.2) is 74.7 Å². The number of halogens is 2. The molecule has 0 aromatic heterocycles. The number of hydrogen-bond acceptors (Lipinski definition) is 3. The van der Waals surface area contributed by atoms with Gasteiger partial charge in [-0.05, 0) is 37.9 Å². The predicted molar refractivity (Wildman–Crippen MR) is 133 cm³/mol. The van der Waals surface area contributed by atoms with E-state index in [0.717, 1.165) is 38.7 Å². The topological polar surface area (TPSA) is 42.9 Å². The number of piperazine rings is 1. The highest BCUT2D eigenvalue weighted by Gasteiger charge is 2.45. The standard InChI is InChI=1S/C21H34BrN5.HI/c1-4-26-11-13-27(14-12-26)17(2)15-24-20(23-3)25-16-21(9-10-21)18-7-5-6-8-19(18)22;/h5-8,17H,4,9-16H2,1-3H3,(H2,23,24,25);1H. The van der Waals surface area contributed by atoms with Crippen molar-refractivity contribution < 1.29 is 0 Å². The van der Waals surface area contributed by atoms with Crippen LogP contribution >= 0.6 is 39.9 Å². The van der Waals surface area contributed by atoms with E-state index in [9.17, 15) is 0 Å². The molecule has 0 bridgehead atoms. The number of benzene rings is 1. The second-order valence-corrected chi connectivity index (χ2v) is 8.74. The number of likely N-dealkylation sites (N-methyl/N-ethyl adjacent to an activating group) is 1. The normalized spacial score (nSPS) is 20.9. The minimum absolute atomic E-state index is 0. The van der Waals surface area contributed by atoms with Crippen LogP contribution < -0.4 is 10.6 Å². The largest absolute Gasteiger partial charge is 0.356 e. The van der Waals surface area contributed by atoms with Crippen LogP contribution in [0.1, 0.15) is 32.3 Å². The molecule has 1 atom stereocenters. The minimum atomic E-state index is 0. The Morgan fingerprint density at radius 2 is 1.86 bits per heavy atom. The third-order valence-electron chi connectivity index (χ3n) is 6.16. The quantitative estimate of drug-likeness (QED) is 0.303. The van der Waals surface area contributed by atoms with E-state index >= 15 is 0 Å². The lowest BCUT2D eigenvalue weighted by Crippen LogP contribution is -2.53. The first kappa shape index (κ1) is 23.9. The molecule has 1 heterocycles. The van der Waals surface area contributed by atoms with Gasteiger partial charge in [0.25, 0.3) is 0 Å². The lowest BCUT2D eigenvalue weighted by atomic mass is 9.96. The molecule has 1 saturated carbocycles. The van der Waals surface area contributed by atoms with Crippen molar-refractivity contribution in [2.45, 2.75) is 38.1 Å². The number of guanidine groups is 1. The first-order valence-electron chi connectivity index (χ1n) is 10.2. The first-order valence-corrected chi connectivity index (χ1v) is 11.0. The van der Waals surface area contributed by atoms with Gasteiger partial charge in [-0.15, -0.1) is 24.0 Å². The van der Waals surface area contributed by atoms with Gasteiger partial charge in [-0.3, -0.25) is 9.89 Å². The fourth-order valence-electron chi connectivity index (χ4n) is 3.95. The summed E-state index contributed by atoms with van der Waals surface area (Å²) in [6.45, 7) is 12.3. The molecular formula is C21H35BrIN5. The van der Waals surface area contributed by atoms with Gasteiger partial charge in [0, 0.05) is 62.2 Å². The molecule has 158 valence electrons. The van der Waals surface area contributed by atoms with Gasteiger partial charge in [0.05, 0.1) is 0 Å². The fraction of sp³-hybridized carbons (Fsp3) is 0.667. The van der Waals surface area contributed by atoms with E-state index in [0.29, 0.717) is 6.04 Å². The number of rotatable bonds is 7. The van der Waals surface area contributed by atoms with E-state index in [1.54, 1.807) is 0 Å². The van der Waals surface area contributed by atoms with Crippen molar-refractivity contribution >= 4 is 45.9 Å². The summed E-state index contributed by atoms with van der Waals surface area (Å²) in [6.07, 6.45) is 2.47. The maximum absolute atomic E-state index is 4.43. The molecule has 1 aliphatic carbocycles. The monoisotopic (exact) mass is 563 g/mol. The number of nitrogens with zero attached hydrogens (tertiary/aromatic N) is 3. The molecule has 2 aliphatic rings. The highest BCUT2D eigenvalue weighted by Crippen LogP contribution is 2.49. The van der Waals surface area contributed by atoms with E-state index in [2.05, 4.69) is 79.5 Å². The minimum Gasteiger partial charge on any atom is -0.356 e. The Labute approximate surface area is 195 Å². The molecule has 1 aromatic rings. The van der Waals surface area contributed by atoms with Crippen LogP contribution in [-0.2, 0) is 5.41 Å². The van der Waals surface area contributed by atoms with Gasteiger partial charge in [-0.25, -0.2) is 0 Å². The van der Waals surface area contributed by atoms with Crippen molar-refractivity contribution in [2.75, 3.05) is 52.9 Å². The zero-order valence-electron chi connectivity index (χ0n) is 17.4. The van der Waals surface area contributed by atoms with Gasteiger partial charge in [-0.2, -0.15) is 0 Å². The molecular weight excluding hydrogens is 529 g/mol. The Bertz CT molecular complexity index is 641. The maximum atomic E-state index is 4.43. The van der Waals surface area contributed by atoms with E-state index in [4.69, 9.17) is 0 Å². The molecule has 28 heavy (non-hydrogen) atoms. The SMILES string of the molecule is CCN1CCN(C(C)CNC(=NC)NCC2(c3ccccc3Br)CC2)CC1.I. The van der Waals surface area contributed by atoms with Crippen molar-refractivity contribution in [2.24, 2.45) is 4.99 Å². The molecule has 2 fully saturated rings. The van der Waals surface area contributed by atoms with Crippen LogP contribution in [0.2, 0.25) is 0 Å². The Hall–Kier alpha value is -0.380. The van der Waals surface area contributed by atoms with Gasteiger partial charge in [0.2, 0.25) is 0 Å². The van der Waals surface area contributed by atoms with E-state index < -0.39 is 0 Å². The fourth-order valence-corrected chi connectivity index (χ4v) is 4.66. The van der Waals surface area contributed by atoms with Crippen LogP contribution in [0.15, 0.2) is 33.7 Å². The highest BCUT2D eigenvalue weighted by molar-refractivity contribution is 14.0. The van der Waals surface area contributed by atoms with Crippen LogP contribution in [0.5, 0.6) is 0 Å². The van der Waals surface area contributed by atoms with E-state index in [1.807, 2.05) is 7.05 Å². The molecule has 1 saturated heterocycles. The highest BCUT2D eigenvalue weighted by atomic mass is 127. The molecule has 1 aromatic carbocycles. The van der Waals surface area contributed by atoms with Gasteiger partial charge >= 0.3 is 0 Å². The molecule has 0 radical (unpaired) electrons. The van der Waals surface area contributed by atoms with E-state index in [1.165, 1.54) is 36.0 Å². The molecule has 2 N–H and O–H groups in total. The second-order valence-electron chi connectivity index (χ2n) is 7.89. The summed E-state index contributed by atoms with van der Waals surface area (Å²) in [5.41, 5.74) is 1.66. The lowest BCUT2D eigenvalue weighted by Gasteiger charge is -2.37. The Morgan fingerprint density at radius 3 is 2.43 bits per heavy atom. The van der Waals surface area contributed by atoms with Crippen LogP contribution in [0.3, 0.4) is 0 Å². The van der Waals surface area contributed by atoms with Gasteiger partial charge in [0.1, 0.15) is 0 Å². The van der Waals surface area contributed by atoms with Crippen LogP contribution in [0.4, 0.5) is 0 Å². The Kier molecular flexibility index (Phi) is 9.50. The first-order chi connectivity index (χ1) is 13.1. The van der Waals surface area contributed by atoms with E-state index in [-0.39, 0.29) is 29.4 Å². The third-order valence-corrected chi connectivity index (χ3v) is 6.85. The summed E-state index contributed by atoms with van der Waals surface area (Å²) in [4.78, 5) is 9.53. The third kappa shape index (κ3) is 6.06. The average Bonchev–Trinajstić information content (AvgIpc) is 3.49. The molecule has 3 rings (SSSR count). The molecule has 5 nitrogen and oxygen atoms in total. The molecule has 0 amide bonds. The summed E-state index contributed by atoms with van der Waals surface area (Å²) < 4.78 is 1.21. The van der Waals surface area contributed by atoms with Crippen LogP contribution in [0, 0.1) is 0 Å². The lowest BCUT2D eigenvalue weighted by molar-refractivity contribution is 0.107. The number of nitrogens with one attached hydrogen (secondary N) is 2. The molecule has 1 aliphatic heterocycles. The summed E-state index contributed by atoms with van der Waals surface area (Å²) in [7, 11) is 1.86.